The molecule has 1 saturated heterocycles. The standard InChI is InChI=1S/C14H24N4O2/c1-11(2)12-10-13(16(3)15-12)14(20)18-6-4-17(5-7-18)8-9-19/h10-11,19H,4-9H2,1-3H3. The Balaban J connectivity index is 2.02. The summed E-state index contributed by atoms with van der Waals surface area (Å²) in [7, 11) is 1.82. The number of piperazine rings is 1. The van der Waals surface area contributed by atoms with Gasteiger partial charge < -0.3 is 10.0 Å². The van der Waals surface area contributed by atoms with Crippen molar-refractivity contribution in [3.8, 4) is 0 Å². The number of carbonyl (C=O) groups excluding carboxylic acids is 1. The summed E-state index contributed by atoms with van der Waals surface area (Å²) >= 11 is 0. The molecule has 1 aromatic rings. The Morgan fingerprint density at radius 2 is 2.00 bits per heavy atom. The van der Waals surface area contributed by atoms with Crippen molar-refractivity contribution in [2.75, 3.05) is 39.3 Å². The number of rotatable bonds is 4. The third-order valence-corrected chi connectivity index (χ3v) is 3.79. The molecule has 20 heavy (non-hydrogen) atoms. The van der Waals surface area contributed by atoms with Crippen molar-refractivity contribution in [1.29, 1.82) is 0 Å². The maximum absolute atomic E-state index is 12.5. The Morgan fingerprint density at radius 3 is 2.50 bits per heavy atom. The molecule has 1 aliphatic rings. The number of aliphatic hydroxyl groups excluding tert-OH is 1. The fraction of sp³-hybridized carbons (Fsp3) is 0.714. The zero-order valence-corrected chi connectivity index (χ0v) is 12.5. The van der Waals surface area contributed by atoms with Gasteiger partial charge in [0.1, 0.15) is 5.69 Å². The summed E-state index contributed by atoms with van der Waals surface area (Å²) in [4.78, 5) is 16.6. The van der Waals surface area contributed by atoms with Gasteiger partial charge in [-0.25, -0.2) is 0 Å². The van der Waals surface area contributed by atoms with Gasteiger partial charge in [-0.1, -0.05) is 13.8 Å². The highest BCUT2D eigenvalue weighted by Crippen LogP contribution is 2.16. The maximum Gasteiger partial charge on any atom is 0.272 e. The van der Waals surface area contributed by atoms with Crippen molar-refractivity contribution in [2.24, 2.45) is 7.05 Å². The van der Waals surface area contributed by atoms with Crippen molar-refractivity contribution >= 4 is 5.91 Å². The van der Waals surface area contributed by atoms with Crippen LogP contribution >= 0.6 is 0 Å². The average molecular weight is 280 g/mol. The summed E-state index contributed by atoms with van der Waals surface area (Å²) in [6.45, 7) is 8.07. The highest BCUT2D eigenvalue weighted by atomic mass is 16.3. The molecule has 0 saturated carbocycles. The third kappa shape index (κ3) is 3.19. The van der Waals surface area contributed by atoms with Crippen LogP contribution in [0.15, 0.2) is 6.07 Å². The molecule has 2 heterocycles. The van der Waals surface area contributed by atoms with Crippen molar-refractivity contribution in [1.82, 2.24) is 19.6 Å². The van der Waals surface area contributed by atoms with E-state index in [9.17, 15) is 4.79 Å². The third-order valence-electron chi connectivity index (χ3n) is 3.79. The second-order valence-electron chi connectivity index (χ2n) is 5.59. The van der Waals surface area contributed by atoms with E-state index in [1.165, 1.54) is 0 Å². The van der Waals surface area contributed by atoms with Crippen LogP contribution in [0.2, 0.25) is 0 Å². The highest BCUT2D eigenvalue weighted by Gasteiger charge is 2.24. The van der Waals surface area contributed by atoms with Gasteiger partial charge in [0.2, 0.25) is 0 Å². The first kappa shape index (κ1) is 15.0. The zero-order valence-electron chi connectivity index (χ0n) is 12.5. The van der Waals surface area contributed by atoms with Gasteiger partial charge in [0.25, 0.3) is 5.91 Å². The number of hydrogen-bond acceptors (Lipinski definition) is 4. The van der Waals surface area contributed by atoms with E-state index < -0.39 is 0 Å². The Morgan fingerprint density at radius 1 is 1.35 bits per heavy atom. The van der Waals surface area contributed by atoms with Crippen molar-refractivity contribution in [3.05, 3.63) is 17.5 Å². The summed E-state index contributed by atoms with van der Waals surface area (Å²) in [6.07, 6.45) is 0. The van der Waals surface area contributed by atoms with Crippen LogP contribution in [0.4, 0.5) is 0 Å². The van der Waals surface area contributed by atoms with Gasteiger partial charge in [0.15, 0.2) is 0 Å². The minimum Gasteiger partial charge on any atom is -0.395 e. The van der Waals surface area contributed by atoms with Crippen LogP contribution in [0, 0.1) is 0 Å². The molecule has 6 heteroatoms. The van der Waals surface area contributed by atoms with Crippen molar-refractivity contribution < 1.29 is 9.90 Å². The zero-order chi connectivity index (χ0) is 14.7. The van der Waals surface area contributed by atoms with Crippen LogP contribution in [0.5, 0.6) is 0 Å². The van der Waals surface area contributed by atoms with Gasteiger partial charge in [-0.3, -0.25) is 14.4 Å². The molecule has 0 radical (unpaired) electrons. The van der Waals surface area contributed by atoms with E-state index in [2.05, 4.69) is 23.8 Å². The van der Waals surface area contributed by atoms with Crippen LogP contribution < -0.4 is 0 Å². The summed E-state index contributed by atoms with van der Waals surface area (Å²) in [5.41, 5.74) is 1.61. The number of hydrogen-bond donors (Lipinski definition) is 1. The first-order chi connectivity index (χ1) is 9.52. The van der Waals surface area contributed by atoms with Crippen LogP contribution in [0.25, 0.3) is 0 Å². The van der Waals surface area contributed by atoms with Crippen molar-refractivity contribution in [3.63, 3.8) is 0 Å². The molecular formula is C14H24N4O2. The molecule has 1 aromatic heterocycles. The monoisotopic (exact) mass is 280 g/mol. The topological polar surface area (TPSA) is 61.6 Å². The quantitative estimate of drug-likeness (QED) is 0.861. The van der Waals surface area contributed by atoms with Gasteiger partial charge in [-0.15, -0.1) is 0 Å². The summed E-state index contributed by atoms with van der Waals surface area (Å²) in [5, 5.41) is 13.3. The predicted molar refractivity (Wildman–Crippen MR) is 76.7 cm³/mol. The SMILES string of the molecule is CC(C)c1cc(C(=O)N2CCN(CCO)CC2)n(C)n1. The van der Waals surface area contributed by atoms with Crippen LogP contribution in [-0.2, 0) is 7.05 Å². The predicted octanol–water partition coefficient (Wildman–Crippen LogP) is 0.294. The first-order valence-corrected chi connectivity index (χ1v) is 7.19. The van der Waals surface area contributed by atoms with Crippen LogP contribution in [-0.4, -0.2) is 69.9 Å². The van der Waals surface area contributed by atoms with Crippen molar-refractivity contribution in [2.45, 2.75) is 19.8 Å². The number of carbonyl (C=O) groups is 1. The molecule has 0 bridgehead atoms. The highest BCUT2D eigenvalue weighted by molar-refractivity contribution is 5.92. The number of aryl methyl sites for hydroxylation is 1. The van der Waals surface area contributed by atoms with E-state index >= 15 is 0 Å². The molecule has 1 aliphatic heterocycles. The Bertz CT molecular complexity index is 462. The molecule has 0 spiro atoms. The summed E-state index contributed by atoms with van der Waals surface area (Å²) in [5.74, 6) is 0.375. The minimum absolute atomic E-state index is 0.0514. The summed E-state index contributed by atoms with van der Waals surface area (Å²) in [6, 6.07) is 1.90. The Labute approximate surface area is 120 Å². The smallest absolute Gasteiger partial charge is 0.272 e. The van der Waals surface area contributed by atoms with E-state index in [4.69, 9.17) is 5.11 Å². The Hall–Kier alpha value is -1.40. The van der Waals surface area contributed by atoms with E-state index in [0.29, 0.717) is 31.2 Å². The van der Waals surface area contributed by atoms with Gasteiger partial charge in [0.05, 0.1) is 12.3 Å². The van der Waals surface area contributed by atoms with Gasteiger partial charge in [-0.05, 0) is 12.0 Å². The molecule has 1 N–H and O–H groups in total. The lowest BCUT2D eigenvalue weighted by atomic mass is 10.1. The molecule has 6 nitrogen and oxygen atoms in total. The van der Waals surface area contributed by atoms with Crippen LogP contribution in [0.3, 0.4) is 0 Å². The molecule has 112 valence electrons. The Kier molecular flexibility index (Phi) is 4.77. The maximum atomic E-state index is 12.5. The average Bonchev–Trinajstić information content (AvgIpc) is 2.81. The first-order valence-electron chi connectivity index (χ1n) is 7.19. The number of β-amino-alcohol motifs (C(OH)–C–C–N with tert-alkyl or cyclic N) is 1. The number of nitrogens with zero attached hydrogens (tertiary/aromatic N) is 4. The fourth-order valence-corrected chi connectivity index (χ4v) is 2.45. The largest absolute Gasteiger partial charge is 0.395 e. The molecule has 2 rings (SSSR count). The van der Waals surface area contributed by atoms with Gasteiger partial charge in [-0.2, -0.15) is 5.10 Å². The molecule has 0 unspecified atom stereocenters. The summed E-state index contributed by atoms with van der Waals surface area (Å²) < 4.78 is 1.68. The second-order valence-corrected chi connectivity index (χ2v) is 5.59. The van der Waals surface area contributed by atoms with Gasteiger partial charge in [0, 0.05) is 39.8 Å². The van der Waals surface area contributed by atoms with Crippen LogP contribution in [0.1, 0.15) is 35.9 Å². The molecule has 1 fully saturated rings. The van der Waals surface area contributed by atoms with Gasteiger partial charge >= 0.3 is 0 Å². The molecule has 1 amide bonds. The number of aromatic nitrogens is 2. The van der Waals surface area contributed by atoms with E-state index in [1.807, 2.05) is 18.0 Å². The minimum atomic E-state index is 0.0514. The fourth-order valence-electron chi connectivity index (χ4n) is 2.45. The molecule has 0 atom stereocenters. The second kappa shape index (κ2) is 6.37. The number of aliphatic hydroxyl groups is 1. The molecular weight excluding hydrogens is 256 g/mol. The molecule has 0 aromatic carbocycles. The lowest BCUT2D eigenvalue weighted by Gasteiger charge is -2.34. The van der Waals surface area contributed by atoms with E-state index in [1.54, 1.807) is 4.68 Å². The lowest BCUT2D eigenvalue weighted by molar-refractivity contribution is 0.0604. The van der Waals surface area contributed by atoms with E-state index in [-0.39, 0.29) is 12.5 Å². The number of amides is 1. The normalized spacial score (nSPS) is 16.9. The van der Waals surface area contributed by atoms with E-state index in [0.717, 1.165) is 18.8 Å². The molecule has 0 aliphatic carbocycles. The lowest BCUT2D eigenvalue weighted by Crippen LogP contribution is -2.49.